The van der Waals surface area contributed by atoms with Gasteiger partial charge in [0.15, 0.2) is 0 Å². The first-order chi connectivity index (χ1) is 10.3. The number of nitrogens with one attached hydrogen (secondary N) is 1. The van der Waals surface area contributed by atoms with Gasteiger partial charge in [0.2, 0.25) is 0 Å². The van der Waals surface area contributed by atoms with Gasteiger partial charge in [-0.15, -0.1) is 0 Å². The third kappa shape index (κ3) is 2.95. The van der Waals surface area contributed by atoms with Crippen LogP contribution in [0.3, 0.4) is 0 Å². The summed E-state index contributed by atoms with van der Waals surface area (Å²) >= 11 is 3.68. The van der Waals surface area contributed by atoms with Crippen molar-refractivity contribution in [1.82, 2.24) is 10.2 Å². The lowest BCUT2D eigenvalue weighted by Crippen LogP contribution is -2.56. The Kier molecular flexibility index (Phi) is 5.07. The summed E-state index contributed by atoms with van der Waals surface area (Å²) in [7, 11) is 0. The van der Waals surface area contributed by atoms with Crippen molar-refractivity contribution in [2.45, 2.75) is 63.5 Å². The largest absolute Gasteiger partial charge is 0.466 e. The van der Waals surface area contributed by atoms with Gasteiger partial charge < -0.3 is 9.73 Å². The average Bonchev–Trinajstić information content (AvgIpc) is 3.16. The number of hydrogen-bond donors (Lipinski definition) is 1. The lowest BCUT2D eigenvalue weighted by Gasteiger charge is -2.48. The van der Waals surface area contributed by atoms with Crippen LogP contribution in [0.4, 0.5) is 0 Å². The summed E-state index contributed by atoms with van der Waals surface area (Å²) < 4.78 is 6.98. The summed E-state index contributed by atoms with van der Waals surface area (Å²) in [5.74, 6) is 1.09. The Morgan fingerprint density at radius 1 is 1.24 bits per heavy atom. The van der Waals surface area contributed by atoms with Crippen LogP contribution in [0.5, 0.6) is 0 Å². The molecule has 1 aliphatic carbocycles. The number of nitrogens with zero attached hydrogens (tertiary/aromatic N) is 1. The zero-order valence-electron chi connectivity index (χ0n) is 13.0. The van der Waals surface area contributed by atoms with E-state index in [2.05, 4.69) is 33.1 Å². The van der Waals surface area contributed by atoms with Gasteiger partial charge in [0.05, 0.1) is 16.8 Å². The standard InChI is InChI=1S/C17H27BrN2O/c1-2-19-16(15-14(18)8-13-21-15)17(9-4-5-10-17)20-11-6-3-7-12-20/h8,13,16,19H,2-7,9-12H2,1H3. The maximum absolute atomic E-state index is 5.87. The molecule has 2 heterocycles. The molecular formula is C17H27BrN2O. The van der Waals surface area contributed by atoms with Crippen molar-refractivity contribution in [3.05, 3.63) is 22.6 Å². The first-order valence-corrected chi connectivity index (χ1v) is 9.28. The Morgan fingerprint density at radius 3 is 2.52 bits per heavy atom. The molecule has 21 heavy (non-hydrogen) atoms. The van der Waals surface area contributed by atoms with Gasteiger partial charge in [-0.3, -0.25) is 4.90 Å². The Bertz CT molecular complexity index is 447. The van der Waals surface area contributed by atoms with Crippen LogP contribution in [0.1, 0.15) is 63.7 Å². The minimum absolute atomic E-state index is 0.247. The van der Waals surface area contributed by atoms with E-state index < -0.39 is 0 Å². The molecule has 0 amide bonds. The SMILES string of the molecule is CCNC(c1occc1Br)C1(N2CCCCC2)CCCC1. The fraction of sp³-hybridized carbons (Fsp3) is 0.765. The molecule has 2 aliphatic rings. The highest BCUT2D eigenvalue weighted by Gasteiger charge is 2.48. The van der Waals surface area contributed by atoms with Crippen LogP contribution in [-0.4, -0.2) is 30.1 Å². The highest BCUT2D eigenvalue weighted by Crippen LogP contribution is 2.47. The number of rotatable bonds is 5. The van der Waals surface area contributed by atoms with E-state index in [1.165, 1.54) is 58.0 Å². The van der Waals surface area contributed by atoms with Crippen LogP contribution < -0.4 is 5.32 Å². The predicted molar refractivity (Wildman–Crippen MR) is 89.4 cm³/mol. The number of likely N-dealkylation sites (tertiary alicyclic amines) is 1. The van der Waals surface area contributed by atoms with Crippen molar-refractivity contribution in [2.75, 3.05) is 19.6 Å². The van der Waals surface area contributed by atoms with Crippen molar-refractivity contribution in [2.24, 2.45) is 0 Å². The topological polar surface area (TPSA) is 28.4 Å². The van der Waals surface area contributed by atoms with Crippen LogP contribution in [0.25, 0.3) is 0 Å². The number of likely N-dealkylation sites (N-methyl/N-ethyl adjacent to an activating group) is 1. The zero-order chi connectivity index (χ0) is 14.7. The molecule has 1 saturated heterocycles. The second kappa shape index (κ2) is 6.84. The summed E-state index contributed by atoms with van der Waals surface area (Å²) in [6.45, 7) is 5.68. The molecule has 0 radical (unpaired) electrons. The van der Waals surface area contributed by atoms with Gasteiger partial charge in [0, 0.05) is 5.54 Å². The lowest BCUT2D eigenvalue weighted by molar-refractivity contribution is 0.0296. The van der Waals surface area contributed by atoms with Gasteiger partial charge >= 0.3 is 0 Å². The Balaban J connectivity index is 1.94. The van der Waals surface area contributed by atoms with Crippen LogP contribution in [-0.2, 0) is 0 Å². The summed E-state index contributed by atoms with van der Waals surface area (Å²) in [6, 6.07) is 2.32. The molecule has 1 aromatic rings. The molecule has 1 saturated carbocycles. The maximum atomic E-state index is 5.87. The summed E-state index contributed by atoms with van der Waals surface area (Å²) in [5.41, 5.74) is 0.247. The van der Waals surface area contributed by atoms with Gasteiger partial charge in [-0.1, -0.05) is 26.2 Å². The Labute approximate surface area is 136 Å². The van der Waals surface area contributed by atoms with Crippen molar-refractivity contribution in [3.8, 4) is 0 Å². The van der Waals surface area contributed by atoms with E-state index in [-0.39, 0.29) is 5.54 Å². The van der Waals surface area contributed by atoms with E-state index in [1.54, 1.807) is 0 Å². The van der Waals surface area contributed by atoms with Crippen molar-refractivity contribution >= 4 is 15.9 Å². The number of piperidine rings is 1. The van der Waals surface area contributed by atoms with E-state index in [0.29, 0.717) is 6.04 Å². The average molecular weight is 355 g/mol. The van der Waals surface area contributed by atoms with E-state index in [9.17, 15) is 0 Å². The molecule has 0 bridgehead atoms. The fourth-order valence-corrected chi connectivity index (χ4v) is 4.79. The molecule has 0 spiro atoms. The molecule has 1 N–H and O–H groups in total. The third-order valence-corrected chi connectivity index (χ3v) is 5.96. The molecule has 4 heteroatoms. The highest BCUT2D eigenvalue weighted by atomic mass is 79.9. The minimum atomic E-state index is 0.247. The van der Waals surface area contributed by atoms with Crippen molar-refractivity contribution in [3.63, 3.8) is 0 Å². The molecule has 118 valence electrons. The summed E-state index contributed by atoms with van der Waals surface area (Å²) in [4.78, 5) is 2.77. The fourth-order valence-electron chi connectivity index (χ4n) is 4.36. The zero-order valence-corrected chi connectivity index (χ0v) is 14.6. The van der Waals surface area contributed by atoms with Gasteiger partial charge in [-0.2, -0.15) is 0 Å². The predicted octanol–water partition coefficient (Wildman–Crippen LogP) is 4.49. The molecule has 1 aliphatic heterocycles. The van der Waals surface area contributed by atoms with Crippen molar-refractivity contribution < 1.29 is 4.42 Å². The number of hydrogen-bond acceptors (Lipinski definition) is 3. The Morgan fingerprint density at radius 2 is 1.95 bits per heavy atom. The second-order valence-corrected chi connectivity index (χ2v) is 7.34. The van der Waals surface area contributed by atoms with Crippen LogP contribution >= 0.6 is 15.9 Å². The Hall–Kier alpha value is -0.320. The van der Waals surface area contributed by atoms with E-state index in [0.717, 1.165) is 16.8 Å². The molecule has 2 fully saturated rings. The normalized spacial score (nSPS) is 24.3. The van der Waals surface area contributed by atoms with Gasteiger partial charge in [-0.25, -0.2) is 0 Å². The van der Waals surface area contributed by atoms with Crippen LogP contribution in [0.2, 0.25) is 0 Å². The van der Waals surface area contributed by atoms with E-state index >= 15 is 0 Å². The van der Waals surface area contributed by atoms with Gasteiger partial charge in [-0.05, 0) is 67.3 Å². The van der Waals surface area contributed by atoms with Crippen LogP contribution in [0, 0.1) is 0 Å². The molecule has 0 aromatic carbocycles. The molecule has 1 unspecified atom stereocenters. The van der Waals surface area contributed by atoms with E-state index in [4.69, 9.17) is 4.42 Å². The first-order valence-electron chi connectivity index (χ1n) is 8.49. The summed E-state index contributed by atoms with van der Waals surface area (Å²) in [5, 5.41) is 3.74. The maximum Gasteiger partial charge on any atom is 0.136 e. The minimum Gasteiger partial charge on any atom is -0.466 e. The van der Waals surface area contributed by atoms with E-state index in [1.807, 2.05) is 12.3 Å². The van der Waals surface area contributed by atoms with Crippen molar-refractivity contribution in [1.29, 1.82) is 0 Å². The first kappa shape index (κ1) is 15.6. The second-order valence-electron chi connectivity index (χ2n) is 6.48. The number of furan rings is 1. The lowest BCUT2D eigenvalue weighted by atomic mass is 9.83. The third-order valence-electron chi connectivity index (χ3n) is 5.31. The summed E-state index contributed by atoms with van der Waals surface area (Å²) in [6.07, 6.45) is 11.2. The molecule has 3 rings (SSSR count). The number of halogens is 1. The molecule has 1 atom stereocenters. The van der Waals surface area contributed by atoms with Gasteiger partial charge in [0.25, 0.3) is 0 Å². The quantitative estimate of drug-likeness (QED) is 0.844. The molecule has 1 aromatic heterocycles. The van der Waals surface area contributed by atoms with Gasteiger partial charge in [0.1, 0.15) is 5.76 Å². The monoisotopic (exact) mass is 354 g/mol. The highest BCUT2D eigenvalue weighted by molar-refractivity contribution is 9.10. The smallest absolute Gasteiger partial charge is 0.136 e. The molecular weight excluding hydrogens is 328 g/mol. The molecule has 3 nitrogen and oxygen atoms in total. The van der Waals surface area contributed by atoms with Crippen LogP contribution in [0.15, 0.2) is 21.2 Å².